The second-order valence-corrected chi connectivity index (χ2v) is 7.20. The smallest absolute Gasteiger partial charge is 0.328 e. The number of benzene rings is 2. The number of urea groups is 1. The third-order valence-electron chi connectivity index (χ3n) is 4.09. The van der Waals surface area contributed by atoms with Gasteiger partial charge in [0.2, 0.25) is 0 Å². The molecule has 8 nitrogen and oxygen atoms in total. The number of halogens is 1. The Labute approximate surface area is 181 Å². The van der Waals surface area contributed by atoms with E-state index in [-0.39, 0.29) is 12.2 Å². The Bertz CT molecular complexity index is 1010. The summed E-state index contributed by atoms with van der Waals surface area (Å²) < 4.78 is 17.4. The standard InChI is InChI=1S/C21H19BrN2O6/c1-12-4-3-5-14(8-12)29-6-7-30-18-16(22)10-13(11-17(18)28-2)9-15-19(25)23-21(27)24-20(15)26/h3-5,8-11H,6-7H2,1-2H3,(H2,23,24,25,26,27). The first-order chi connectivity index (χ1) is 14.4. The van der Waals surface area contributed by atoms with Gasteiger partial charge in [0.1, 0.15) is 24.5 Å². The van der Waals surface area contributed by atoms with Crippen LogP contribution in [0.2, 0.25) is 0 Å². The fourth-order valence-electron chi connectivity index (χ4n) is 2.74. The topological polar surface area (TPSA) is 103 Å². The molecule has 9 heteroatoms. The van der Waals surface area contributed by atoms with Crippen molar-refractivity contribution in [3.63, 3.8) is 0 Å². The van der Waals surface area contributed by atoms with Crippen molar-refractivity contribution in [3.8, 4) is 17.2 Å². The summed E-state index contributed by atoms with van der Waals surface area (Å²) in [4.78, 5) is 35.0. The van der Waals surface area contributed by atoms with Crippen LogP contribution in [-0.4, -0.2) is 38.2 Å². The van der Waals surface area contributed by atoms with Crippen LogP contribution in [0.5, 0.6) is 17.2 Å². The van der Waals surface area contributed by atoms with Crippen LogP contribution in [0, 0.1) is 6.92 Å². The number of aryl methyl sites for hydroxylation is 1. The predicted molar refractivity (Wildman–Crippen MR) is 113 cm³/mol. The predicted octanol–water partition coefficient (Wildman–Crippen LogP) is 2.97. The Hall–Kier alpha value is -3.33. The highest BCUT2D eigenvalue weighted by atomic mass is 79.9. The lowest BCUT2D eigenvalue weighted by atomic mass is 10.1. The van der Waals surface area contributed by atoms with E-state index in [9.17, 15) is 14.4 Å². The third kappa shape index (κ3) is 5.18. The minimum atomic E-state index is -0.849. The number of amides is 4. The quantitative estimate of drug-likeness (QED) is 0.363. The summed E-state index contributed by atoms with van der Waals surface area (Å²) in [5.41, 5.74) is 1.42. The van der Waals surface area contributed by atoms with Gasteiger partial charge in [0.15, 0.2) is 11.5 Å². The van der Waals surface area contributed by atoms with Crippen LogP contribution in [0.4, 0.5) is 4.79 Å². The molecule has 0 atom stereocenters. The van der Waals surface area contributed by atoms with Gasteiger partial charge in [-0.15, -0.1) is 0 Å². The highest BCUT2D eigenvalue weighted by Gasteiger charge is 2.27. The van der Waals surface area contributed by atoms with E-state index in [2.05, 4.69) is 15.9 Å². The minimum Gasteiger partial charge on any atom is -0.493 e. The fraction of sp³-hybridized carbons (Fsp3) is 0.190. The van der Waals surface area contributed by atoms with Gasteiger partial charge >= 0.3 is 6.03 Å². The molecule has 156 valence electrons. The van der Waals surface area contributed by atoms with Crippen molar-refractivity contribution < 1.29 is 28.6 Å². The van der Waals surface area contributed by atoms with Crippen LogP contribution in [0.15, 0.2) is 46.4 Å². The summed E-state index contributed by atoms with van der Waals surface area (Å²) in [6.45, 7) is 2.59. The number of imide groups is 2. The molecule has 1 heterocycles. The SMILES string of the molecule is COc1cc(C=C2C(=O)NC(=O)NC2=O)cc(Br)c1OCCOc1cccc(C)c1. The summed E-state index contributed by atoms with van der Waals surface area (Å²) >= 11 is 3.42. The summed E-state index contributed by atoms with van der Waals surface area (Å²) in [6.07, 6.45) is 1.36. The van der Waals surface area contributed by atoms with E-state index < -0.39 is 17.8 Å². The van der Waals surface area contributed by atoms with Crippen LogP contribution in [0.1, 0.15) is 11.1 Å². The van der Waals surface area contributed by atoms with Crippen molar-refractivity contribution >= 4 is 39.9 Å². The lowest BCUT2D eigenvalue weighted by Crippen LogP contribution is -2.51. The number of nitrogens with one attached hydrogen (secondary N) is 2. The average Bonchev–Trinajstić information content (AvgIpc) is 2.69. The molecule has 0 aromatic heterocycles. The zero-order valence-corrected chi connectivity index (χ0v) is 17.9. The van der Waals surface area contributed by atoms with Gasteiger partial charge in [-0.3, -0.25) is 20.2 Å². The molecule has 0 saturated carbocycles. The van der Waals surface area contributed by atoms with Crippen molar-refractivity contribution in [2.45, 2.75) is 6.92 Å². The highest BCUT2D eigenvalue weighted by molar-refractivity contribution is 9.10. The summed E-state index contributed by atoms with van der Waals surface area (Å²) in [5, 5.41) is 4.05. The Kier molecular flexibility index (Phi) is 6.73. The largest absolute Gasteiger partial charge is 0.493 e. The molecule has 0 aliphatic carbocycles. The van der Waals surface area contributed by atoms with E-state index in [0.717, 1.165) is 11.3 Å². The summed E-state index contributed by atoms with van der Waals surface area (Å²) in [7, 11) is 1.48. The molecule has 0 bridgehead atoms. The fourth-order valence-corrected chi connectivity index (χ4v) is 3.32. The van der Waals surface area contributed by atoms with Crippen LogP contribution in [0.3, 0.4) is 0 Å². The zero-order chi connectivity index (χ0) is 21.7. The molecule has 30 heavy (non-hydrogen) atoms. The molecule has 0 radical (unpaired) electrons. The number of rotatable bonds is 7. The van der Waals surface area contributed by atoms with E-state index in [1.165, 1.54) is 13.2 Å². The second-order valence-electron chi connectivity index (χ2n) is 6.34. The van der Waals surface area contributed by atoms with Gasteiger partial charge in [-0.1, -0.05) is 12.1 Å². The molecule has 0 spiro atoms. The van der Waals surface area contributed by atoms with Crippen LogP contribution >= 0.6 is 15.9 Å². The number of carbonyl (C=O) groups is 3. The first kappa shape index (κ1) is 21.4. The number of hydrogen-bond donors (Lipinski definition) is 2. The first-order valence-electron chi connectivity index (χ1n) is 8.95. The van der Waals surface area contributed by atoms with Crippen molar-refractivity contribution in [2.24, 2.45) is 0 Å². The molecule has 2 N–H and O–H groups in total. The lowest BCUT2D eigenvalue weighted by Gasteiger charge is -2.16. The monoisotopic (exact) mass is 474 g/mol. The average molecular weight is 475 g/mol. The zero-order valence-electron chi connectivity index (χ0n) is 16.3. The maximum absolute atomic E-state index is 11.9. The Morgan fingerprint density at radius 3 is 2.37 bits per heavy atom. The van der Waals surface area contributed by atoms with E-state index in [1.807, 2.05) is 41.8 Å². The van der Waals surface area contributed by atoms with E-state index in [1.54, 1.807) is 12.1 Å². The Morgan fingerprint density at radius 2 is 1.70 bits per heavy atom. The second kappa shape index (κ2) is 9.45. The van der Waals surface area contributed by atoms with Gasteiger partial charge in [-0.2, -0.15) is 0 Å². The highest BCUT2D eigenvalue weighted by Crippen LogP contribution is 2.37. The van der Waals surface area contributed by atoms with Gasteiger partial charge < -0.3 is 14.2 Å². The molecular formula is C21H19BrN2O6. The van der Waals surface area contributed by atoms with Gasteiger partial charge in [0.05, 0.1) is 11.6 Å². The molecule has 2 aromatic rings. The van der Waals surface area contributed by atoms with Crippen LogP contribution < -0.4 is 24.8 Å². The number of methoxy groups -OCH3 is 1. The first-order valence-corrected chi connectivity index (χ1v) is 9.75. The maximum Gasteiger partial charge on any atom is 0.328 e. The number of hydrogen-bond acceptors (Lipinski definition) is 6. The van der Waals surface area contributed by atoms with Gasteiger partial charge in [-0.25, -0.2) is 4.79 Å². The molecule has 4 amide bonds. The molecule has 2 aromatic carbocycles. The number of barbiturate groups is 1. The van der Waals surface area contributed by atoms with Crippen LogP contribution in [-0.2, 0) is 9.59 Å². The summed E-state index contributed by atoms with van der Waals surface area (Å²) in [5.74, 6) is 0.0775. The third-order valence-corrected chi connectivity index (χ3v) is 4.68. The molecular weight excluding hydrogens is 456 g/mol. The molecule has 1 aliphatic rings. The maximum atomic E-state index is 11.9. The Balaban J connectivity index is 1.71. The van der Waals surface area contributed by atoms with Crippen molar-refractivity contribution in [3.05, 3.63) is 57.6 Å². The van der Waals surface area contributed by atoms with Gasteiger partial charge in [0, 0.05) is 0 Å². The molecule has 1 aliphatic heterocycles. The molecule has 1 saturated heterocycles. The van der Waals surface area contributed by atoms with E-state index in [0.29, 0.717) is 28.1 Å². The normalized spacial score (nSPS) is 13.4. The number of ether oxygens (including phenoxy) is 3. The molecule has 1 fully saturated rings. The van der Waals surface area contributed by atoms with E-state index in [4.69, 9.17) is 14.2 Å². The van der Waals surface area contributed by atoms with Gasteiger partial charge in [-0.05, 0) is 64.3 Å². The van der Waals surface area contributed by atoms with Gasteiger partial charge in [0.25, 0.3) is 11.8 Å². The van der Waals surface area contributed by atoms with Crippen molar-refractivity contribution in [1.82, 2.24) is 10.6 Å². The van der Waals surface area contributed by atoms with Crippen molar-refractivity contribution in [1.29, 1.82) is 0 Å². The molecule has 3 rings (SSSR count). The summed E-state index contributed by atoms with van der Waals surface area (Å²) in [6, 6.07) is 10.1. The minimum absolute atomic E-state index is 0.191. The number of carbonyl (C=O) groups excluding carboxylic acids is 3. The van der Waals surface area contributed by atoms with Crippen molar-refractivity contribution in [2.75, 3.05) is 20.3 Å². The van der Waals surface area contributed by atoms with E-state index >= 15 is 0 Å². The molecule has 0 unspecified atom stereocenters. The lowest BCUT2D eigenvalue weighted by molar-refractivity contribution is -0.123. The van der Waals surface area contributed by atoms with Crippen LogP contribution in [0.25, 0.3) is 6.08 Å². The Morgan fingerprint density at radius 1 is 1.00 bits per heavy atom.